The highest BCUT2D eigenvalue weighted by Gasteiger charge is 2.26. The third-order valence-corrected chi connectivity index (χ3v) is 3.48. The fourth-order valence-corrected chi connectivity index (χ4v) is 2.44. The van der Waals surface area contributed by atoms with Crippen molar-refractivity contribution < 1.29 is 14.7 Å². The molecule has 0 aromatic heterocycles. The van der Waals surface area contributed by atoms with Gasteiger partial charge in [-0.05, 0) is 25.0 Å². The number of anilines is 2. The number of carboxylic acids is 1. The number of amides is 1. The van der Waals surface area contributed by atoms with Gasteiger partial charge in [-0.25, -0.2) is 4.79 Å². The third-order valence-electron chi connectivity index (χ3n) is 3.48. The summed E-state index contributed by atoms with van der Waals surface area (Å²) in [7, 11) is 0. The number of nitrogens with two attached hydrogens (primary N) is 2. The van der Waals surface area contributed by atoms with Crippen molar-refractivity contribution in [2.75, 3.05) is 23.7 Å². The van der Waals surface area contributed by atoms with Gasteiger partial charge in [0.15, 0.2) is 0 Å². The number of benzene rings is 1. The minimum atomic E-state index is -1.05. The number of hydrogen-bond acceptors (Lipinski definition) is 4. The molecule has 1 aliphatic heterocycles. The van der Waals surface area contributed by atoms with Gasteiger partial charge in [-0.2, -0.15) is 0 Å². The molecule has 0 spiro atoms. The van der Waals surface area contributed by atoms with E-state index in [1.807, 2.05) is 4.90 Å². The van der Waals surface area contributed by atoms with Gasteiger partial charge < -0.3 is 21.5 Å². The molecule has 19 heavy (non-hydrogen) atoms. The maximum absolute atomic E-state index is 11.3. The van der Waals surface area contributed by atoms with Crippen LogP contribution in [0.15, 0.2) is 18.2 Å². The molecule has 1 aromatic carbocycles. The Kier molecular flexibility index (Phi) is 3.59. The predicted octanol–water partition coefficient (Wildman–Crippen LogP) is 0.669. The van der Waals surface area contributed by atoms with Gasteiger partial charge in [-0.15, -0.1) is 0 Å². The first-order valence-corrected chi connectivity index (χ1v) is 6.16. The second kappa shape index (κ2) is 5.17. The summed E-state index contributed by atoms with van der Waals surface area (Å²) in [5.41, 5.74) is 12.2. The van der Waals surface area contributed by atoms with Crippen molar-refractivity contribution in [3.63, 3.8) is 0 Å². The summed E-state index contributed by atoms with van der Waals surface area (Å²) in [6, 6.07) is 4.89. The smallest absolute Gasteiger partial charge is 0.337 e. The molecule has 1 unspecified atom stereocenters. The van der Waals surface area contributed by atoms with Gasteiger partial charge in [0.1, 0.15) is 0 Å². The SMILES string of the molecule is NC(=O)C1CCCN(c2cccc(C(=O)O)c2N)C1. The predicted molar refractivity (Wildman–Crippen MR) is 71.9 cm³/mol. The zero-order valence-corrected chi connectivity index (χ0v) is 10.5. The van der Waals surface area contributed by atoms with Crippen molar-refractivity contribution in [3.8, 4) is 0 Å². The molecule has 6 heteroatoms. The maximum atomic E-state index is 11.3. The van der Waals surface area contributed by atoms with Crippen LogP contribution in [-0.2, 0) is 4.79 Å². The van der Waals surface area contributed by atoms with E-state index in [1.54, 1.807) is 12.1 Å². The number of carbonyl (C=O) groups excluding carboxylic acids is 1. The normalized spacial score (nSPS) is 19.2. The lowest BCUT2D eigenvalue weighted by Crippen LogP contribution is -2.41. The summed E-state index contributed by atoms with van der Waals surface area (Å²) < 4.78 is 0. The van der Waals surface area contributed by atoms with Crippen LogP contribution >= 0.6 is 0 Å². The molecule has 1 atom stereocenters. The summed E-state index contributed by atoms with van der Waals surface area (Å²) >= 11 is 0. The van der Waals surface area contributed by atoms with Crippen LogP contribution in [0.5, 0.6) is 0 Å². The molecule has 6 nitrogen and oxygen atoms in total. The van der Waals surface area contributed by atoms with E-state index < -0.39 is 5.97 Å². The van der Waals surface area contributed by atoms with E-state index in [9.17, 15) is 9.59 Å². The Balaban J connectivity index is 2.29. The first-order valence-electron chi connectivity index (χ1n) is 6.16. The minimum absolute atomic E-state index is 0.0821. The zero-order chi connectivity index (χ0) is 14.0. The average Bonchev–Trinajstić information content (AvgIpc) is 2.38. The molecule has 2 rings (SSSR count). The quantitative estimate of drug-likeness (QED) is 0.694. The summed E-state index contributed by atoms with van der Waals surface area (Å²) in [5.74, 6) is -1.58. The molecule has 1 aliphatic rings. The zero-order valence-electron chi connectivity index (χ0n) is 10.5. The lowest BCUT2D eigenvalue weighted by atomic mass is 9.96. The Morgan fingerprint density at radius 1 is 1.37 bits per heavy atom. The Morgan fingerprint density at radius 2 is 2.11 bits per heavy atom. The van der Waals surface area contributed by atoms with Gasteiger partial charge in [-0.1, -0.05) is 6.07 Å². The molecule has 5 N–H and O–H groups in total. The molecule has 102 valence electrons. The molecular weight excluding hydrogens is 246 g/mol. The van der Waals surface area contributed by atoms with Gasteiger partial charge in [0.2, 0.25) is 5.91 Å². The Morgan fingerprint density at radius 3 is 2.74 bits per heavy atom. The van der Waals surface area contributed by atoms with E-state index in [0.29, 0.717) is 12.2 Å². The van der Waals surface area contributed by atoms with E-state index in [1.165, 1.54) is 6.07 Å². The molecule has 0 radical (unpaired) electrons. The number of para-hydroxylation sites is 1. The number of rotatable bonds is 3. The molecule has 0 aliphatic carbocycles. The molecule has 1 amide bonds. The lowest BCUT2D eigenvalue weighted by Gasteiger charge is -2.33. The van der Waals surface area contributed by atoms with Gasteiger partial charge in [0, 0.05) is 13.1 Å². The summed E-state index contributed by atoms with van der Waals surface area (Å²) in [6.45, 7) is 1.24. The maximum Gasteiger partial charge on any atom is 0.337 e. The van der Waals surface area contributed by atoms with E-state index in [-0.39, 0.29) is 23.1 Å². The lowest BCUT2D eigenvalue weighted by molar-refractivity contribution is -0.122. The number of carboxylic acid groups (broad SMARTS) is 1. The molecule has 1 aromatic rings. The summed E-state index contributed by atoms with van der Waals surface area (Å²) in [4.78, 5) is 24.2. The Hall–Kier alpha value is -2.24. The first kappa shape index (κ1) is 13.2. The number of nitrogen functional groups attached to an aromatic ring is 1. The van der Waals surface area contributed by atoms with E-state index in [4.69, 9.17) is 16.6 Å². The number of primary amides is 1. The third kappa shape index (κ3) is 2.62. The van der Waals surface area contributed by atoms with E-state index in [0.717, 1.165) is 19.4 Å². The number of nitrogens with zero attached hydrogens (tertiary/aromatic N) is 1. The van der Waals surface area contributed by atoms with Crippen molar-refractivity contribution >= 4 is 23.3 Å². The van der Waals surface area contributed by atoms with Gasteiger partial charge in [0.05, 0.1) is 22.9 Å². The molecule has 1 saturated heterocycles. The van der Waals surface area contributed by atoms with Crippen LogP contribution in [0, 0.1) is 5.92 Å². The molecule has 0 saturated carbocycles. The highest BCUT2D eigenvalue weighted by Crippen LogP contribution is 2.30. The highest BCUT2D eigenvalue weighted by atomic mass is 16.4. The highest BCUT2D eigenvalue weighted by molar-refractivity contribution is 5.97. The van der Waals surface area contributed by atoms with E-state index >= 15 is 0 Å². The second-order valence-electron chi connectivity index (χ2n) is 4.73. The first-order chi connectivity index (χ1) is 9.00. The average molecular weight is 263 g/mol. The summed E-state index contributed by atoms with van der Waals surface area (Å²) in [5, 5.41) is 9.06. The molecule has 1 fully saturated rings. The van der Waals surface area contributed by atoms with Crippen molar-refractivity contribution in [2.24, 2.45) is 11.7 Å². The van der Waals surface area contributed by atoms with Crippen LogP contribution in [0.1, 0.15) is 23.2 Å². The van der Waals surface area contributed by atoms with Gasteiger partial charge in [0.25, 0.3) is 0 Å². The number of aromatic carboxylic acids is 1. The molecule has 0 bridgehead atoms. The Bertz CT molecular complexity index is 516. The standard InChI is InChI=1S/C13H17N3O3/c14-11-9(13(18)19)4-1-5-10(11)16-6-2-3-8(7-16)12(15)17/h1,4-5,8H,2-3,6-7,14H2,(H2,15,17)(H,18,19). The second-order valence-corrected chi connectivity index (χ2v) is 4.73. The van der Waals surface area contributed by atoms with Crippen LogP contribution in [-0.4, -0.2) is 30.1 Å². The Labute approximate surface area is 111 Å². The van der Waals surface area contributed by atoms with Crippen LogP contribution < -0.4 is 16.4 Å². The fraction of sp³-hybridized carbons (Fsp3) is 0.385. The number of piperidine rings is 1. The molecular formula is C13H17N3O3. The van der Waals surface area contributed by atoms with Crippen molar-refractivity contribution in [3.05, 3.63) is 23.8 Å². The fourth-order valence-electron chi connectivity index (χ4n) is 2.44. The number of hydrogen-bond donors (Lipinski definition) is 3. The van der Waals surface area contributed by atoms with Crippen LogP contribution in [0.25, 0.3) is 0 Å². The van der Waals surface area contributed by atoms with E-state index in [2.05, 4.69) is 0 Å². The van der Waals surface area contributed by atoms with Crippen molar-refractivity contribution in [1.82, 2.24) is 0 Å². The van der Waals surface area contributed by atoms with Gasteiger partial charge in [-0.3, -0.25) is 4.79 Å². The molecule has 1 heterocycles. The largest absolute Gasteiger partial charge is 0.478 e. The van der Waals surface area contributed by atoms with Crippen molar-refractivity contribution in [1.29, 1.82) is 0 Å². The summed E-state index contributed by atoms with van der Waals surface area (Å²) in [6.07, 6.45) is 1.61. The van der Waals surface area contributed by atoms with Crippen LogP contribution in [0.3, 0.4) is 0 Å². The van der Waals surface area contributed by atoms with Crippen LogP contribution in [0.2, 0.25) is 0 Å². The van der Waals surface area contributed by atoms with Crippen molar-refractivity contribution in [2.45, 2.75) is 12.8 Å². The van der Waals surface area contributed by atoms with Crippen LogP contribution in [0.4, 0.5) is 11.4 Å². The monoisotopic (exact) mass is 263 g/mol. The minimum Gasteiger partial charge on any atom is -0.478 e. The number of carbonyl (C=O) groups is 2. The topological polar surface area (TPSA) is 110 Å². The van der Waals surface area contributed by atoms with Gasteiger partial charge >= 0.3 is 5.97 Å².